The molecule has 0 radical (unpaired) electrons. The van der Waals surface area contributed by atoms with Gasteiger partial charge in [0.05, 0.1) is 6.61 Å². The van der Waals surface area contributed by atoms with Crippen LogP contribution in [0.1, 0.15) is 44.9 Å². The minimum atomic E-state index is -0.725. The molecule has 0 atom stereocenters. The number of aromatic nitrogens is 1. The largest absolute Gasteiger partial charge is 0.314 e. The summed E-state index contributed by atoms with van der Waals surface area (Å²) in [5, 5.41) is 11.1. The lowest BCUT2D eigenvalue weighted by Crippen LogP contribution is -2.23. The molecule has 0 aromatic carbocycles. The summed E-state index contributed by atoms with van der Waals surface area (Å²) >= 11 is 1.26. The molecule has 7 heteroatoms. The fourth-order valence-electron chi connectivity index (χ4n) is 3.08. The van der Waals surface area contributed by atoms with E-state index in [0.29, 0.717) is 5.92 Å². The number of rotatable bonds is 8. The second-order valence-electron chi connectivity index (χ2n) is 5.76. The first-order valence-corrected chi connectivity index (χ1v) is 8.44. The molecular formula is C14H22N2O4S. The summed E-state index contributed by atoms with van der Waals surface area (Å²) in [6.07, 6.45) is 9.54. The lowest BCUT2D eigenvalue weighted by Gasteiger charge is -2.28. The average Bonchev–Trinajstić information content (AvgIpc) is 2.85. The second-order valence-corrected chi connectivity index (χ2v) is 6.62. The summed E-state index contributed by atoms with van der Waals surface area (Å²) < 4.78 is 1.82. The highest BCUT2D eigenvalue weighted by Crippen LogP contribution is 2.32. The van der Waals surface area contributed by atoms with Crippen molar-refractivity contribution >= 4 is 11.3 Å². The first-order valence-electron chi connectivity index (χ1n) is 7.56. The average molecular weight is 314 g/mol. The van der Waals surface area contributed by atoms with Crippen LogP contribution >= 0.6 is 11.3 Å². The summed E-state index contributed by atoms with van der Waals surface area (Å²) in [5.74, 6) is 1.35. The van der Waals surface area contributed by atoms with Gasteiger partial charge in [0.25, 0.3) is 5.09 Å². The molecule has 0 aliphatic heterocycles. The molecule has 21 heavy (non-hydrogen) atoms. The predicted octanol–water partition coefficient (Wildman–Crippen LogP) is 3.09. The zero-order valence-electron chi connectivity index (χ0n) is 12.1. The van der Waals surface area contributed by atoms with Crippen molar-refractivity contribution in [2.75, 3.05) is 6.61 Å². The van der Waals surface area contributed by atoms with Crippen LogP contribution in [0.2, 0.25) is 0 Å². The number of hydrogen-bond donors (Lipinski definition) is 0. The molecule has 1 aromatic heterocycles. The predicted molar refractivity (Wildman–Crippen MR) is 80.8 cm³/mol. The van der Waals surface area contributed by atoms with Crippen molar-refractivity contribution in [2.24, 2.45) is 11.8 Å². The Morgan fingerprint density at radius 3 is 2.62 bits per heavy atom. The standard InChI is InChI=1S/C14H22N2O4S/c17-14-15(8-10-21-14)11-13-6-4-12(5-7-13)3-1-2-9-20-16(18)19/h8,10,12-13H,1-7,9,11H2. The molecule has 1 aliphatic rings. The second kappa shape index (κ2) is 8.17. The summed E-state index contributed by atoms with van der Waals surface area (Å²) in [6.45, 7) is 1.06. The van der Waals surface area contributed by atoms with Crippen LogP contribution in [0.5, 0.6) is 0 Å². The maximum atomic E-state index is 11.5. The fourth-order valence-corrected chi connectivity index (χ4v) is 3.68. The Morgan fingerprint density at radius 2 is 2.00 bits per heavy atom. The van der Waals surface area contributed by atoms with E-state index < -0.39 is 5.09 Å². The van der Waals surface area contributed by atoms with Crippen LogP contribution in [0.25, 0.3) is 0 Å². The Kier molecular flexibility index (Phi) is 6.22. The van der Waals surface area contributed by atoms with E-state index in [-0.39, 0.29) is 11.5 Å². The van der Waals surface area contributed by atoms with Crippen LogP contribution in [0.3, 0.4) is 0 Å². The Morgan fingerprint density at radius 1 is 1.29 bits per heavy atom. The number of unbranched alkanes of at least 4 members (excludes halogenated alkanes) is 1. The minimum Gasteiger partial charge on any atom is -0.314 e. The molecule has 0 bridgehead atoms. The molecule has 0 N–H and O–H groups in total. The van der Waals surface area contributed by atoms with Gasteiger partial charge in [-0.05, 0) is 31.1 Å². The van der Waals surface area contributed by atoms with E-state index in [9.17, 15) is 14.9 Å². The van der Waals surface area contributed by atoms with Gasteiger partial charge in [-0.2, -0.15) is 0 Å². The first kappa shape index (κ1) is 16.0. The Balaban J connectivity index is 1.59. The lowest BCUT2D eigenvalue weighted by atomic mass is 9.80. The molecule has 0 saturated heterocycles. The van der Waals surface area contributed by atoms with E-state index >= 15 is 0 Å². The van der Waals surface area contributed by atoms with Gasteiger partial charge in [-0.3, -0.25) is 4.79 Å². The Bertz CT molecular complexity index is 491. The van der Waals surface area contributed by atoms with Crippen molar-refractivity contribution < 1.29 is 9.92 Å². The van der Waals surface area contributed by atoms with E-state index in [0.717, 1.165) is 31.7 Å². The third kappa shape index (κ3) is 5.49. The van der Waals surface area contributed by atoms with Crippen LogP contribution in [-0.4, -0.2) is 16.3 Å². The van der Waals surface area contributed by atoms with Crippen LogP contribution < -0.4 is 4.87 Å². The number of nitrogens with zero attached hydrogens (tertiary/aromatic N) is 2. The van der Waals surface area contributed by atoms with Gasteiger partial charge in [-0.15, -0.1) is 10.1 Å². The summed E-state index contributed by atoms with van der Waals surface area (Å²) in [5.41, 5.74) is 0. The van der Waals surface area contributed by atoms with E-state index in [1.807, 2.05) is 16.1 Å². The summed E-state index contributed by atoms with van der Waals surface area (Å²) in [7, 11) is 0. The highest BCUT2D eigenvalue weighted by molar-refractivity contribution is 7.07. The highest BCUT2D eigenvalue weighted by Gasteiger charge is 2.21. The lowest BCUT2D eigenvalue weighted by molar-refractivity contribution is -0.757. The van der Waals surface area contributed by atoms with Gasteiger partial charge in [-0.1, -0.05) is 37.0 Å². The third-order valence-electron chi connectivity index (χ3n) is 4.27. The fraction of sp³-hybridized carbons (Fsp3) is 0.786. The van der Waals surface area contributed by atoms with Crippen molar-refractivity contribution in [3.63, 3.8) is 0 Å². The van der Waals surface area contributed by atoms with E-state index in [2.05, 4.69) is 4.84 Å². The van der Waals surface area contributed by atoms with Crippen molar-refractivity contribution in [2.45, 2.75) is 51.5 Å². The molecule has 0 unspecified atom stereocenters. The maximum absolute atomic E-state index is 11.5. The molecule has 1 aliphatic carbocycles. The molecule has 1 aromatic rings. The van der Waals surface area contributed by atoms with Crippen LogP contribution in [-0.2, 0) is 11.4 Å². The van der Waals surface area contributed by atoms with Gasteiger partial charge in [0, 0.05) is 18.1 Å². The van der Waals surface area contributed by atoms with Gasteiger partial charge in [0.1, 0.15) is 0 Å². The zero-order chi connectivity index (χ0) is 15.1. The topological polar surface area (TPSA) is 74.4 Å². The molecule has 1 saturated carbocycles. The van der Waals surface area contributed by atoms with Crippen LogP contribution in [0.15, 0.2) is 16.4 Å². The molecule has 1 heterocycles. The molecule has 118 valence electrons. The normalized spacial score (nSPS) is 22.1. The van der Waals surface area contributed by atoms with Crippen LogP contribution in [0.4, 0.5) is 0 Å². The van der Waals surface area contributed by atoms with Gasteiger partial charge >= 0.3 is 4.87 Å². The Labute approximate surface area is 127 Å². The summed E-state index contributed by atoms with van der Waals surface area (Å²) in [4.78, 5) is 26.0. The maximum Gasteiger partial charge on any atom is 0.307 e. The van der Waals surface area contributed by atoms with E-state index in [1.54, 1.807) is 0 Å². The van der Waals surface area contributed by atoms with E-state index in [1.165, 1.54) is 37.0 Å². The smallest absolute Gasteiger partial charge is 0.307 e. The van der Waals surface area contributed by atoms with Gasteiger partial charge in [0.15, 0.2) is 0 Å². The number of hydrogen-bond acceptors (Lipinski definition) is 5. The molecule has 0 spiro atoms. The summed E-state index contributed by atoms with van der Waals surface area (Å²) in [6, 6.07) is 0. The third-order valence-corrected chi connectivity index (χ3v) is 4.96. The first-order chi connectivity index (χ1) is 10.1. The highest BCUT2D eigenvalue weighted by atomic mass is 32.1. The van der Waals surface area contributed by atoms with E-state index in [4.69, 9.17) is 0 Å². The van der Waals surface area contributed by atoms with Gasteiger partial charge in [-0.25, -0.2) is 0 Å². The molecule has 2 rings (SSSR count). The molecule has 6 nitrogen and oxygen atoms in total. The molecule has 0 amide bonds. The molecule has 1 fully saturated rings. The zero-order valence-corrected chi connectivity index (χ0v) is 12.9. The number of thiazole rings is 1. The van der Waals surface area contributed by atoms with Gasteiger partial charge < -0.3 is 9.40 Å². The Hall–Kier alpha value is -1.37. The SMILES string of the molecule is O=c1sccn1CC1CCC(CCCCO[N+](=O)[O-])CC1. The minimum absolute atomic E-state index is 0.142. The van der Waals surface area contributed by atoms with Crippen molar-refractivity contribution in [3.8, 4) is 0 Å². The van der Waals surface area contributed by atoms with Crippen molar-refractivity contribution in [3.05, 3.63) is 31.4 Å². The van der Waals surface area contributed by atoms with Gasteiger partial charge in [0.2, 0.25) is 0 Å². The van der Waals surface area contributed by atoms with Crippen molar-refractivity contribution in [1.29, 1.82) is 0 Å². The molecular weight excluding hydrogens is 292 g/mol. The quantitative estimate of drug-likeness (QED) is 0.420. The van der Waals surface area contributed by atoms with Crippen molar-refractivity contribution in [1.82, 2.24) is 4.57 Å². The van der Waals surface area contributed by atoms with Crippen LogP contribution in [0, 0.1) is 22.0 Å². The monoisotopic (exact) mass is 314 g/mol.